The fraction of sp³-hybridized carbons (Fsp3) is 0.889. The molecule has 1 atom stereocenters. The highest BCUT2D eigenvalue weighted by atomic mass is 35.5. The van der Waals surface area contributed by atoms with Crippen LogP contribution >= 0.6 is 0 Å². The quantitative estimate of drug-likeness (QED) is 0.418. The van der Waals surface area contributed by atoms with Gasteiger partial charge in [0.2, 0.25) is 0 Å². The molecule has 0 amide bonds. The van der Waals surface area contributed by atoms with Gasteiger partial charge < -0.3 is 12.4 Å². The fourth-order valence-electron chi connectivity index (χ4n) is 2.17. The van der Waals surface area contributed by atoms with Crippen LogP contribution in [0.4, 0.5) is 0 Å². The van der Waals surface area contributed by atoms with Gasteiger partial charge in [-0.2, -0.15) is 0 Å². The number of piperidine rings is 2. The summed E-state index contributed by atoms with van der Waals surface area (Å²) in [5.74, 6) is 0. The van der Waals surface area contributed by atoms with Gasteiger partial charge in [-0.1, -0.05) is 0 Å². The Morgan fingerprint density at radius 2 is 1.91 bits per heavy atom. The number of nitrogens with zero attached hydrogens (tertiary/aromatic N) is 1. The van der Waals surface area contributed by atoms with Crippen molar-refractivity contribution in [3.8, 4) is 0 Å². The largest absolute Gasteiger partial charge is 1.00 e. The smallest absolute Gasteiger partial charge is 0.151 e. The maximum atomic E-state index is 2.65. The maximum Gasteiger partial charge on any atom is 0.151 e. The van der Waals surface area contributed by atoms with Crippen LogP contribution in [0.5, 0.6) is 0 Å². The van der Waals surface area contributed by atoms with Crippen molar-refractivity contribution in [2.45, 2.75) is 38.1 Å². The molecule has 0 N–H and O–H groups in total. The first kappa shape index (κ1) is 9.21. The molecule has 2 aliphatic rings. The highest BCUT2D eigenvalue weighted by molar-refractivity contribution is 4.91. The van der Waals surface area contributed by atoms with Crippen molar-refractivity contribution in [2.75, 3.05) is 13.1 Å². The lowest BCUT2D eigenvalue weighted by Gasteiger charge is -2.33. The van der Waals surface area contributed by atoms with E-state index in [0.717, 1.165) is 6.04 Å². The fourth-order valence-corrected chi connectivity index (χ4v) is 2.17. The Morgan fingerprint density at radius 1 is 1.09 bits per heavy atom. The SMILES string of the molecule is [CH+]1CCCN2CCCCC12.[Cl-]. The molecular weight excluding hydrogens is 158 g/mol. The summed E-state index contributed by atoms with van der Waals surface area (Å²) in [6, 6.07) is 0.863. The third-order valence-electron chi connectivity index (χ3n) is 2.75. The van der Waals surface area contributed by atoms with E-state index in [1.807, 2.05) is 0 Å². The van der Waals surface area contributed by atoms with E-state index in [4.69, 9.17) is 0 Å². The van der Waals surface area contributed by atoms with Crippen LogP contribution in [0.1, 0.15) is 32.1 Å². The first-order valence-electron chi connectivity index (χ1n) is 4.54. The molecule has 0 spiro atoms. The molecule has 1 nitrogen and oxygen atoms in total. The average Bonchev–Trinajstić information content (AvgIpc) is 2.05. The predicted molar refractivity (Wildman–Crippen MR) is 42.7 cm³/mol. The first-order chi connectivity index (χ1) is 4.97. The van der Waals surface area contributed by atoms with Crippen LogP contribution in [0.25, 0.3) is 0 Å². The van der Waals surface area contributed by atoms with Crippen molar-refractivity contribution in [3.05, 3.63) is 6.42 Å². The van der Waals surface area contributed by atoms with Gasteiger partial charge in [0.15, 0.2) is 6.04 Å². The van der Waals surface area contributed by atoms with Crippen LogP contribution in [-0.4, -0.2) is 24.0 Å². The van der Waals surface area contributed by atoms with Gasteiger partial charge in [0, 0.05) is 25.9 Å². The summed E-state index contributed by atoms with van der Waals surface area (Å²) in [6.07, 6.45) is 9.60. The molecule has 2 fully saturated rings. The maximum absolute atomic E-state index is 2.65. The summed E-state index contributed by atoms with van der Waals surface area (Å²) >= 11 is 0. The van der Waals surface area contributed by atoms with Gasteiger partial charge in [-0.05, 0) is 12.8 Å². The molecule has 0 radical (unpaired) electrons. The Labute approximate surface area is 75.6 Å². The summed E-state index contributed by atoms with van der Waals surface area (Å²) in [4.78, 5) is 2.65. The molecule has 0 aromatic rings. The second kappa shape index (κ2) is 4.22. The average molecular weight is 174 g/mol. The normalized spacial score (nSPS) is 31.5. The van der Waals surface area contributed by atoms with Crippen LogP contribution in [0, 0.1) is 6.42 Å². The van der Waals surface area contributed by atoms with E-state index < -0.39 is 0 Å². The van der Waals surface area contributed by atoms with Crippen LogP contribution in [-0.2, 0) is 0 Å². The van der Waals surface area contributed by atoms with Gasteiger partial charge in [0.1, 0.15) is 0 Å². The van der Waals surface area contributed by atoms with Crippen molar-refractivity contribution < 1.29 is 12.4 Å². The van der Waals surface area contributed by atoms with Crippen molar-refractivity contribution >= 4 is 0 Å². The monoisotopic (exact) mass is 173 g/mol. The molecule has 2 saturated heterocycles. The van der Waals surface area contributed by atoms with Gasteiger partial charge in [0.05, 0.1) is 12.8 Å². The third kappa shape index (κ3) is 2.03. The highest BCUT2D eigenvalue weighted by Crippen LogP contribution is 2.24. The van der Waals surface area contributed by atoms with E-state index in [1.165, 1.54) is 45.2 Å². The Bertz CT molecular complexity index is 90.1. The van der Waals surface area contributed by atoms with Crippen LogP contribution in [0.2, 0.25) is 0 Å². The molecule has 0 bridgehead atoms. The molecule has 2 aliphatic heterocycles. The number of halogens is 1. The van der Waals surface area contributed by atoms with E-state index in [0.29, 0.717) is 0 Å². The van der Waals surface area contributed by atoms with Gasteiger partial charge in [-0.3, -0.25) is 4.90 Å². The highest BCUT2D eigenvalue weighted by Gasteiger charge is 2.31. The Balaban J connectivity index is 0.000000605. The van der Waals surface area contributed by atoms with Gasteiger partial charge in [-0.25, -0.2) is 0 Å². The minimum atomic E-state index is 0. The second-order valence-corrected chi connectivity index (χ2v) is 3.48. The molecule has 2 heterocycles. The molecule has 0 saturated carbocycles. The summed E-state index contributed by atoms with van der Waals surface area (Å²) in [6.45, 7) is 2.72. The molecular formula is C9H16ClN. The first-order valence-corrected chi connectivity index (χ1v) is 4.54. The van der Waals surface area contributed by atoms with Gasteiger partial charge in [-0.15, -0.1) is 0 Å². The summed E-state index contributed by atoms with van der Waals surface area (Å²) < 4.78 is 0. The molecule has 64 valence electrons. The Morgan fingerprint density at radius 3 is 2.73 bits per heavy atom. The van der Waals surface area contributed by atoms with Crippen LogP contribution < -0.4 is 12.4 Å². The zero-order chi connectivity index (χ0) is 6.81. The van der Waals surface area contributed by atoms with E-state index in [-0.39, 0.29) is 12.4 Å². The summed E-state index contributed by atoms with van der Waals surface area (Å²) in [5, 5.41) is 0. The van der Waals surface area contributed by atoms with Crippen molar-refractivity contribution in [3.63, 3.8) is 0 Å². The van der Waals surface area contributed by atoms with E-state index >= 15 is 0 Å². The zero-order valence-electron chi connectivity index (χ0n) is 6.93. The summed E-state index contributed by atoms with van der Waals surface area (Å²) in [7, 11) is 0. The molecule has 0 aromatic heterocycles. The number of hydrogen-bond acceptors (Lipinski definition) is 1. The lowest BCUT2D eigenvalue weighted by atomic mass is 9.93. The Hall–Kier alpha value is 0.120. The standard InChI is InChI=1S/C9H16N.ClH/c1-3-7-10-8-4-2-6-9(10)5-1;/h5,9H,1-4,6-8H2;1H/q+1;/p-1. The third-order valence-corrected chi connectivity index (χ3v) is 2.75. The minimum absolute atomic E-state index is 0. The van der Waals surface area contributed by atoms with E-state index in [2.05, 4.69) is 11.3 Å². The van der Waals surface area contributed by atoms with Crippen molar-refractivity contribution in [1.82, 2.24) is 4.90 Å². The Kier molecular flexibility index (Phi) is 3.53. The number of fused-ring (bicyclic) bond motifs is 1. The minimum Gasteiger partial charge on any atom is -1.00 e. The second-order valence-electron chi connectivity index (χ2n) is 3.48. The molecule has 2 rings (SSSR count). The molecule has 11 heavy (non-hydrogen) atoms. The van der Waals surface area contributed by atoms with Crippen LogP contribution in [0.15, 0.2) is 0 Å². The molecule has 0 aliphatic carbocycles. The van der Waals surface area contributed by atoms with E-state index in [1.54, 1.807) is 0 Å². The molecule has 2 heteroatoms. The predicted octanol–water partition coefficient (Wildman–Crippen LogP) is -1.16. The van der Waals surface area contributed by atoms with E-state index in [9.17, 15) is 0 Å². The van der Waals surface area contributed by atoms with Gasteiger partial charge >= 0.3 is 0 Å². The van der Waals surface area contributed by atoms with Crippen molar-refractivity contribution in [1.29, 1.82) is 0 Å². The molecule has 1 unspecified atom stereocenters. The number of rotatable bonds is 0. The number of hydrogen-bond donors (Lipinski definition) is 0. The van der Waals surface area contributed by atoms with Gasteiger partial charge in [0.25, 0.3) is 0 Å². The lowest BCUT2D eigenvalue weighted by molar-refractivity contribution is -0.00000214. The zero-order valence-corrected chi connectivity index (χ0v) is 7.69. The summed E-state index contributed by atoms with van der Waals surface area (Å²) in [5.41, 5.74) is 0. The topological polar surface area (TPSA) is 3.24 Å². The van der Waals surface area contributed by atoms with Crippen LogP contribution in [0.3, 0.4) is 0 Å². The van der Waals surface area contributed by atoms with Crippen molar-refractivity contribution in [2.24, 2.45) is 0 Å². The molecule has 0 aromatic carbocycles. The lowest BCUT2D eigenvalue weighted by Crippen LogP contribution is -3.00.